The first-order valence-electron chi connectivity index (χ1n) is 9.89. The first-order chi connectivity index (χ1) is 15.9. The van der Waals surface area contributed by atoms with E-state index in [0.29, 0.717) is 17.0 Å². The fraction of sp³-hybridized carbons (Fsp3) is 0.0833. The van der Waals surface area contributed by atoms with Gasteiger partial charge in [-0.25, -0.2) is 9.82 Å². The van der Waals surface area contributed by atoms with E-state index in [9.17, 15) is 18.8 Å². The molecule has 0 fully saturated rings. The van der Waals surface area contributed by atoms with Crippen LogP contribution in [0.25, 0.3) is 0 Å². The summed E-state index contributed by atoms with van der Waals surface area (Å²) in [4.78, 5) is 36.0. The van der Waals surface area contributed by atoms with Crippen molar-refractivity contribution in [2.45, 2.75) is 6.92 Å². The molecule has 0 heterocycles. The number of hydrogen-bond donors (Lipinski definition) is 3. The lowest BCUT2D eigenvalue weighted by Crippen LogP contribution is -2.32. The SMILES string of the molecule is Cc1cccc(NC(=O)COc2ccccc2/C=N\NC(=O)C(=O)Nc2ccc(F)cc2)c1. The molecule has 0 saturated heterocycles. The summed E-state index contributed by atoms with van der Waals surface area (Å²) in [5.74, 6) is -2.40. The number of carbonyl (C=O) groups is 3. The summed E-state index contributed by atoms with van der Waals surface area (Å²) in [6, 6.07) is 19.1. The molecule has 0 spiro atoms. The van der Waals surface area contributed by atoms with Crippen LogP contribution in [0.15, 0.2) is 77.9 Å². The van der Waals surface area contributed by atoms with Crippen LogP contribution in [0.5, 0.6) is 5.75 Å². The number of ether oxygens (including phenoxy) is 1. The average Bonchev–Trinajstić information content (AvgIpc) is 2.80. The molecular formula is C24H21FN4O4. The molecule has 8 nitrogen and oxygen atoms in total. The largest absolute Gasteiger partial charge is 0.483 e. The monoisotopic (exact) mass is 448 g/mol. The number of amides is 3. The van der Waals surface area contributed by atoms with Crippen LogP contribution < -0.4 is 20.8 Å². The zero-order valence-electron chi connectivity index (χ0n) is 17.7. The van der Waals surface area contributed by atoms with E-state index in [-0.39, 0.29) is 18.2 Å². The number of benzene rings is 3. The molecule has 3 N–H and O–H groups in total. The number of carbonyl (C=O) groups excluding carboxylic acids is 3. The van der Waals surface area contributed by atoms with E-state index in [1.807, 2.05) is 25.1 Å². The van der Waals surface area contributed by atoms with Crippen molar-refractivity contribution < 1.29 is 23.5 Å². The molecule has 0 bridgehead atoms. The number of hydrogen-bond acceptors (Lipinski definition) is 5. The van der Waals surface area contributed by atoms with Gasteiger partial charge in [-0.1, -0.05) is 24.3 Å². The lowest BCUT2D eigenvalue weighted by atomic mass is 10.2. The summed E-state index contributed by atoms with van der Waals surface area (Å²) in [5, 5.41) is 8.83. The molecule has 0 radical (unpaired) electrons. The number of rotatable bonds is 7. The van der Waals surface area contributed by atoms with E-state index in [1.54, 1.807) is 30.3 Å². The molecule has 0 atom stereocenters. The minimum Gasteiger partial charge on any atom is -0.483 e. The molecule has 0 aromatic heterocycles. The molecule has 0 aliphatic heterocycles. The van der Waals surface area contributed by atoms with E-state index in [4.69, 9.17) is 4.74 Å². The molecule has 0 aliphatic carbocycles. The molecule has 0 saturated carbocycles. The average molecular weight is 448 g/mol. The van der Waals surface area contributed by atoms with Crippen LogP contribution in [0.4, 0.5) is 15.8 Å². The van der Waals surface area contributed by atoms with Gasteiger partial charge in [0, 0.05) is 16.9 Å². The highest BCUT2D eigenvalue weighted by Crippen LogP contribution is 2.16. The lowest BCUT2D eigenvalue weighted by Gasteiger charge is -2.10. The standard InChI is InChI=1S/C24H21FN4O4/c1-16-5-4-7-20(13-16)27-22(30)15-33-21-8-3-2-6-17(21)14-26-29-24(32)23(31)28-19-11-9-18(25)10-12-19/h2-14H,15H2,1H3,(H,27,30)(H,28,31)(H,29,32)/b26-14-. The second-order valence-corrected chi connectivity index (χ2v) is 6.90. The number of para-hydroxylation sites is 1. The van der Waals surface area contributed by atoms with Crippen LogP contribution in [-0.4, -0.2) is 30.5 Å². The quantitative estimate of drug-likeness (QED) is 0.293. The Hall–Kier alpha value is -4.53. The van der Waals surface area contributed by atoms with Gasteiger partial charge in [-0.3, -0.25) is 14.4 Å². The lowest BCUT2D eigenvalue weighted by molar-refractivity contribution is -0.136. The first kappa shape index (κ1) is 23.1. The van der Waals surface area contributed by atoms with Gasteiger partial charge in [0.1, 0.15) is 11.6 Å². The number of hydrazone groups is 1. The van der Waals surface area contributed by atoms with Crippen molar-refractivity contribution in [3.8, 4) is 5.75 Å². The number of aryl methyl sites for hydroxylation is 1. The highest BCUT2D eigenvalue weighted by molar-refractivity contribution is 6.39. The van der Waals surface area contributed by atoms with E-state index < -0.39 is 17.6 Å². The number of anilines is 2. The Kier molecular flexibility index (Phi) is 7.85. The van der Waals surface area contributed by atoms with Crippen LogP contribution in [0, 0.1) is 12.7 Å². The fourth-order valence-corrected chi connectivity index (χ4v) is 2.71. The number of nitrogens with one attached hydrogen (secondary N) is 3. The van der Waals surface area contributed by atoms with Crippen LogP contribution in [0.3, 0.4) is 0 Å². The summed E-state index contributed by atoms with van der Waals surface area (Å²) in [5.41, 5.74) is 4.54. The van der Waals surface area contributed by atoms with Gasteiger partial charge in [-0.05, 0) is 61.0 Å². The predicted octanol–water partition coefficient (Wildman–Crippen LogP) is 3.24. The molecule has 33 heavy (non-hydrogen) atoms. The normalized spacial score (nSPS) is 10.5. The molecule has 3 aromatic rings. The third-order valence-electron chi connectivity index (χ3n) is 4.26. The van der Waals surface area contributed by atoms with Crippen LogP contribution in [0.2, 0.25) is 0 Å². The van der Waals surface area contributed by atoms with Gasteiger partial charge in [0.05, 0.1) is 6.21 Å². The third kappa shape index (κ3) is 7.28. The van der Waals surface area contributed by atoms with Gasteiger partial charge in [0.2, 0.25) is 0 Å². The second-order valence-electron chi connectivity index (χ2n) is 6.90. The highest BCUT2D eigenvalue weighted by atomic mass is 19.1. The van der Waals surface area contributed by atoms with E-state index in [2.05, 4.69) is 21.2 Å². The highest BCUT2D eigenvalue weighted by Gasteiger charge is 2.13. The molecule has 3 aromatic carbocycles. The van der Waals surface area contributed by atoms with Gasteiger partial charge >= 0.3 is 11.8 Å². The second kappa shape index (κ2) is 11.2. The maximum Gasteiger partial charge on any atom is 0.329 e. The van der Waals surface area contributed by atoms with Crippen LogP contribution in [-0.2, 0) is 14.4 Å². The van der Waals surface area contributed by atoms with Crippen molar-refractivity contribution >= 4 is 35.3 Å². The summed E-state index contributed by atoms with van der Waals surface area (Å²) in [6.45, 7) is 1.69. The molecular weight excluding hydrogens is 427 g/mol. The van der Waals surface area contributed by atoms with Crippen molar-refractivity contribution in [2.75, 3.05) is 17.2 Å². The van der Waals surface area contributed by atoms with Crippen molar-refractivity contribution in [2.24, 2.45) is 5.10 Å². The van der Waals surface area contributed by atoms with E-state index in [1.165, 1.54) is 18.3 Å². The molecule has 0 aliphatic rings. The van der Waals surface area contributed by atoms with Gasteiger partial charge in [-0.2, -0.15) is 5.10 Å². The van der Waals surface area contributed by atoms with Gasteiger partial charge < -0.3 is 15.4 Å². The molecule has 9 heteroatoms. The molecule has 168 valence electrons. The maximum atomic E-state index is 12.9. The minimum absolute atomic E-state index is 0.231. The minimum atomic E-state index is -1.01. The summed E-state index contributed by atoms with van der Waals surface area (Å²) in [7, 11) is 0. The molecule has 3 amide bonds. The Balaban J connectivity index is 1.52. The fourth-order valence-electron chi connectivity index (χ4n) is 2.71. The van der Waals surface area contributed by atoms with Crippen molar-refractivity contribution in [1.82, 2.24) is 5.43 Å². The predicted molar refractivity (Wildman–Crippen MR) is 123 cm³/mol. The van der Waals surface area contributed by atoms with Crippen molar-refractivity contribution in [3.63, 3.8) is 0 Å². The van der Waals surface area contributed by atoms with Crippen LogP contribution in [0.1, 0.15) is 11.1 Å². The van der Waals surface area contributed by atoms with Gasteiger partial charge in [-0.15, -0.1) is 0 Å². The summed E-state index contributed by atoms with van der Waals surface area (Å²) >= 11 is 0. The summed E-state index contributed by atoms with van der Waals surface area (Å²) < 4.78 is 18.5. The maximum absolute atomic E-state index is 12.9. The Morgan fingerprint density at radius 3 is 2.42 bits per heavy atom. The number of halogens is 1. The zero-order chi connectivity index (χ0) is 23.6. The topological polar surface area (TPSA) is 109 Å². The number of nitrogens with zero attached hydrogens (tertiary/aromatic N) is 1. The van der Waals surface area contributed by atoms with Gasteiger partial charge in [0.25, 0.3) is 5.91 Å². The van der Waals surface area contributed by atoms with Gasteiger partial charge in [0.15, 0.2) is 6.61 Å². The molecule has 3 rings (SSSR count). The summed E-state index contributed by atoms with van der Waals surface area (Å²) in [6.07, 6.45) is 1.29. The van der Waals surface area contributed by atoms with Crippen molar-refractivity contribution in [1.29, 1.82) is 0 Å². The first-order valence-corrected chi connectivity index (χ1v) is 9.89. The molecule has 0 unspecified atom stereocenters. The Morgan fingerprint density at radius 2 is 1.67 bits per heavy atom. The van der Waals surface area contributed by atoms with E-state index >= 15 is 0 Å². The smallest absolute Gasteiger partial charge is 0.329 e. The Bertz CT molecular complexity index is 1180. The van der Waals surface area contributed by atoms with E-state index in [0.717, 1.165) is 17.7 Å². The Morgan fingerprint density at radius 1 is 0.909 bits per heavy atom. The Labute approximate surface area is 189 Å². The third-order valence-corrected chi connectivity index (χ3v) is 4.26. The zero-order valence-corrected chi connectivity index (χ0v) is 17.7. The van der Waals surface area contributed by atoms with Crippen molar-refractivity contribution in [3.05, 3.63) is 89.7 Å². The van der Waals surface area contributed by atoms with Crippen LogP contribution >= 0.6 is 0 Å².